The first-order valence-corrected chi connectivity index (χ1v) is 10.4. The number of ether oxygens (including phenoxy) is 2. The number of benzene rings is 1. The zero-order valence-electron chi connectivity index (χ0n) is 15.3. The summed E-state index contributed by atoms with van der Waals surface area (Å²) in [4.78, 5) is 24.0. The van der Waals surface area contributed by atoms with Crippen LogP contribution in [0.2, 0.25) is 0 Å². The highest BCUT2D eigenvalue weighted by atomic mass is 79.9. The van der Waals surface area contributed by atoms with Crippen molar-refractivity contribution < 1.29 is 24.2 Å². The maximum absolute atomic E-state index is 12.1. The number of anilines is 1. The van der Waals surface area contributed by atoms with Crippen molar-refractivity contribution in [3.8, 4) is 16.2 Å². The Morgan fingerprint density at radius 3 is 2.79 bits per heavy atom. The summed E-state index contributed by atoms with van der Waals surface area (Å²) in [6.07, 6.45) is 2.12. The molecule has 1 aromatic carbocycles. The number of carboxylic acids is 1. The van der Waals surface area contributed by atoms with Gasteiger partial charge in [0.05, 0.1) is 16.5 Å². The van der Waals surface area contributed by atoms with E-state index in [-0.39, 0.29) is 10.6 Å². The number of halogens is 1. The number of rotatable bonds is 7. The maximum Gasteiger partial charge on any atom is 0.351 e. The Kier molecular flexibility index (Phi) is 6.93. The van der Waals surface area contributed by atoms with Crippen molar-refractivity contribution >= 4 is 44.9 Å². The average Bonchev–Trinajstić information content (AvgIpc) is 3.03. The van der Waals surface area contributed by atoms with Crippen molar-refractivity contribution in [2.45, 2.75) is 18.9 Å². The lowest BCUT2D eigenvalue weighted by Crippen LogP contribution is -2.35. The fourth-order valence-electron chi connectivity index (χ4n) is 3.02. The topological polar surface area (TPSA) is 96.9 Å². The van der Waals surface area contributed by atoms with Gasteiger partial charge in [0, 0.05) is 11.7 Å². The molecule has 0 aliphatic carbocycles. The molecule has 150 valence electrons. The summed E-state index contributed by atoms with van der Waals surface area (Å²) in [6, 6.07) is 8.33. The van der Waals surface area contributed by atoms with Crippen LogP contribution in [0.3, 0.4) is 0 Å². The monoisotopic (exact) mass is 468 g/mol. The third kappa shape index (κ3) is 4.84. The van der Waals surface area contributed by atoms with Crippen LogP contribution >= 0.6 is 27.3 Å². The summed E-state index contributed by atoms with van der Waals surface area (Å²) in [6.45, 7) is 1.46. The smallest absolute Gasteiger partial charge is 0.351 e. The summed E-state index contributed by atoms with van der Waals surface area (Å²) < 4.78 is 10.7. The van der Waals surface area contributed by atoms with Gasteiger partial charge in [0.15, 0.2) is 17.2 Å². The predicted molar refractivity (Wildman–Crippen MR) is 111 cm³/mol. The summed E-state index contributed by atoms with van der Waals surface area (Å²) >= 11 is 4.67. The Morgan fingerprint density at radius 2 is 2.11 bits per heavy atom. The third-order valence-electron chi connectivity index (χ3n) is 4.35. The Morgan fingerprint density at radius 1 is 1.36 bits per heavy atom. The zero-order chi connectivity index (χ0) is 20.1. The van der Waals surface area contributed by atoms with Gasteiger partial charge in [0.1, 0.15) is 0 Å². The zero-order valence-corrected chi connectivity index (χ0v) is 17.7. The van der Waals surface area contributed by atoms with E-state index >= 15 is 0 Å². The van der Waals surface area contributed by atoms with Gasteiger partial charge in [-0.25, -0.2) is 9.59 Å². The first-order valence-electron chi connectivity index (χ1n) is 8.82. The van der Waals surface area contributed by atoms with Crippen LogP contribution in [-0.2, 0) is 9.53 Å². The molecule has 0 spiro atoms. The van der Waals surface area contributed by atoms with E-state index < -0.39 is 18.5 Å². The molecule has 1 aliphatic heterocycles. The Bertz CT molecular complexity index is 864. The van der Waals surface area contributed by atoms with Gasteiger partial charge < -0.3 is 25.2 Å². The largest absolute Gasteiger partial charge is 0.479 e. The molecule has 0 amide bonds. The molecule has 1 aromatic heterocycles. The van der Waals surface area contributed by atoms with E-state index in [2.05, 4.69) is 26.6 Å². The average molecular weight is 469 g/mol. The fourth-order valence-corrected chi connectivity index (χ4v) is 4.99. The standard InChI is InChI=1S/C19H21BrN2O5S/c1-26-19(25)18-16(27-10-14(23)24)15(20)17(28-18)11-3-2-4-13(9-11)22-12-5-7-21-8-6-12/h2-4,9,12,21-22H,5-8,10H2,1H3,(H,23,24). The van der Waals surface area contributed by atoms with Crippen LogP contribution in [0.4, 0.5) is 5.69 Å². The van der Waals surface area contributed by atoms with Crippen LogP contribution in [0.5, 0.6) is 5.75 Å². The van der Waals surface area contributed by atoms with Gasteiger partial charge in [-0.15, -0.1) is 11.3 Å². The van der Waals surface area contributed by atoms with Crippen LogP contribution in [-0.4, -0.2) is 49.9 Å². The number of piperidine rings is 1. The molecule has 0 atom stereocenters. The highest BCUT2D eigenvalue weighted by molar-refractivity contribution is 9.10. The lowest BCUT2D eigenvalue weighted by Gasteiger charge is -2.24. The van der Waals surface area contributed by atoms with Gasteiger partial charge in [-0.3, -0.25) is 0 Å². The molecule has 2 heterocycles. The second-order valence-corrected chi connectivity index (χ2v) is 8.14. The van der Waals surface area contributed by atoms with Crippen LogP contribution in [0.15, 0.2) is 28.7 Å². The van der Waals surface area contributed by atoms with Crippen LogP contribution in [0, 0.1) is 0 Å². The van der Waals surface area contributed by atoms with Gasteiger partial charge in [-0.2, -0.15) is 0 Å². The van der Waals surface area contributed by atoms with E-state index in [9.17, 15) is 9.59 Å². The first-order chi connectivity index (χ1) is 13.5. The van der Waals surface area contributed by atoms with E-state index in [0.717, 1.165) is 42.1 Å². The van der Waals surface area contributed by atoms with Crippen LogP contribution < -0.4 is 15.4 Å². The first kappa shape index (κ1) is 20.6. The SMILES string of the molecule is COC(=O)c1sc(-c2cccc(NC3CCNCC3)c2)c(Br)c1OCC(=O)O. The van der Waals surface area contributed by atoms with E-state index in [0.29, 0.717) is 10.5 Å². The van der Waals surface area contributed by atoms with E-state index in [1.54, 1.807) is 0 Å². The molecule has 1 aliphatic rings. The summed E-state index contributed by atoms with van der Waals surface area (Å²) in [5.41, 5.74) is 1.89. The van der Waals surface area contributed by atoms with E-state index in [4.69, 9.17) is 14.6 Å². The Hall–Kier alpha value is -2.10. The molecule has 2 aromatic rings. The number of esters is 1. The number of hydrogen-bond donors (Lipinski definition) is 3. The third-order valence-corrected chi connectivity index (χ3v) is 6.57. The van der Waals surface area contributed by atoms with Crippen molar-refractivity contribution in [1.29, 1.82) is 0 Å². The quantitative estimate of drug-likeness (QED) is 0.534. The summed E-state index contributed by atoms with van der Waals surface area (Å²) in [7, 11) is 1.28. The number of aliphatic carboxylic acids is 1. The summed E-state index contributed by atoms with van der Waals surface area (Å²) in [5.74, 6) is -1.50. The van der Waals surface area contributed by atoms with Crippen molar-refractivity contribution in [2.24, 2.45) is 0 Å². The molecule has 0 radical (unpaired) electrons. The second kappa shape index (κ2) is 9.40. The molecule has 7 nitrogen and oxygen atoms in total. The minimum Gasteiger partial charge on any atom is -0.479 e. The predicted octanol–water partition coefficient (Wildman–Crippen LogP) is 3.59. The molecule has 0 bridgehead atoms. The van der Waals surface area contributed by atoms with Gasteiger partial charge in [-0.1, -0.05) is 12.1 Å². The van der Waals surface area contributed by atoms with Gasteiger partial charge in [-0.05, 0) is 59.6 Å². The molecule has 1 fully saturated rings. The number of hydrogen-bond acceptors (Lipinski definition) is 7. The molecular weight excluding hydrogens is 448 g/mol. The van der Waals surface area contributed by atoms with Crippen molar-refractivity contribution in [2.75, 3.05) is 32.1 Å². The van der Waals surface area contributed by atoms with Gasteiger partial charge in [0.25, 0.3) is 0 Å². The molecule has 1 saturated heterocycles. The lowest BCUT2D eigenvalue weighted by atomic mass is 10.1. The van der Waals surface area contributed by atoms with Gasteiger partial charge >= 0.3 is 11.9 Å². The minimum atomic E-state index is -1.12. The number of carbonyl (C=O) groups is 2. The molecule has 3 N–H and O–H groups in total. The minimum absolute atomic E-state index is 0.186. The van der Waals surface area contributed by atoms with Crippen molar-refractivity contribution in [3.05, 3.63) is 33.6 Å². The Balaban J connectivity index is 1.90. The molecular formula is C19H21BrN2O5S. The van der Waals surface area contributed by atoms with Crippen molar-refractivity contribution in [3.63, 3.8) is 0 Å². The van der Waals surface area contributed by atoms with Crippen LogP contribution in [0.1, 0.15) is 22.5 Å². The normalized spacial score (nSPS) is 14.5. The Labute approximate surface area is 175 Å². The van der Waals surface area contributed by atoms with E-state index in [1.165, 1.54) is 18.4 Å². The molecule has 0 saturated carbocycles. The van der Waals surface area contributed by atoms with Gasteiger partial charge in [0.2, 0.25) is 0 Å². The number of carbonyl (C=O) groups excluding carboxylic acids is 1. The number of methoxy groups -OCH3 is 1. The number of carboxylic acid groups (broad SMARTS) is 1. The molecule has 28 heavy (non-hydrogen) atoms. The fraction of sp³-hybridized carbons (Fsp3) is 0.368. The number of thiophene rings is 1. The molecule has 3 rings (SSSR count). The maximum atomic E-state index is 12.1. The van der Waals surface area contributed by atoms with Crippen LogP contribution in [0.25, 0.3) is 10.4 Å². The second-order valence-electron chi connectivity index (χ2n) is 6.33. The van der Waals surface area contributed by atoms with E-state index in [1.807, 2.05) is 24.3 Å². The highest BCUT2D eigenvalue weighted by Gasteiger charge is 2.25. The highest BCUT2D eigenvalue weighted by Crippen LogP contribution is 2.46. The molecule has 0 unspecified atom stereocenters. The van der Waals surface area contributed by atoms with Crippen molar-refractivity contribution in [1.82, 2.24) is 5.32 Å². The molecule has 9 heteroatoms. The lowest BCUT2D eigenvalue weighted by molar-refractivity contribution is -0.139. The summed E-state index contributed by atoms with van der Waals surface area (Å²) in [5, 5.41) is 15.8. The number of nitrogens with one attached hydrogen (secondary N) is 2.